The number of nitrogens with zero attached hydrogens (tertiary/aromatic N) is 2. The van der Waals surface area contributed by atoms with Crippen LogP contribution in [0.25, 0.3) is 0 Å². The van der Waals surface area contributed by atoms with Gasteiger partial charge in [-0.05, 0) is 26.5 Å². The minimum absolute atomic E-state index is 0.447. The van der Waals surface area contributed by atoms with E-state index in [4.69, 9.17) is 0 Å². The Morgan fingerprint density at radius 3 is 2.53 bits per heavy atom. The van der Waals surface area contributed by atoms with E-state index in [1.807, 2.05) is 18.8 Å². The molecule has 0 aliphatic rings. The van der Waals surface area contributed by atoms with Gasteiger partial charge in [-0.1, -0.05) is 39.0 Å². The van der Waals surface area contributed by atoms with E-state index in [0.717, 1.165) is 5.69 Å². The molecule has 98 valence electrons. The Kier molecular flexibility index (Phi) is 6.27. The molecule has 1 rings (SSSR count). The third-order valence-corrected chi connectivity index (χ3v) is 3.34. The number of aryl methyl sites for hydroxylation is 2. The summed E-state index contributed by atoms with van der Waals surface area (Å²) in [5.74, 6) is 0. The normalized spacial score (nSPS) is 12.9. The predicted octanol–water partition coefficient (Wildman–Crippen LogP) is 3.35. The summed E-state index contributed by atoms with van der Waals surface area (Å²) in [6.45, 7) is 4.31. The van der Waals surface area contributed by atoms with Crippen LogP contribution in [0.1, 0.15) is 62.9 Å². The first-order valence-corrected chi connectivity index (χ1v) is 6.86. The van der Waals surface area contributed by atoms with Gasteiger partial charge < -0.3 is 5.32 Å². The Hall–Kier alpha value is -0.830. The van der Waals surface area contributed by atoms with Crippen LogP contribution in [-0.4, -0.2) is 16.8 Å². The van der Waals surface area contributed by atoms with Crippen LogP contribution in [0.2, 0.25) is 0 Å². The highest BCUT2D eigenvalue weighted by Gasteiger charge is 2.13. The second kappa shape index (κ2) is 7.49. The molecule has 0 aliphatic carbocycles. The van der Waals surface area contributed by atoms with Crippen molar-refractivity contribution in [2.75, 3.05) is 7.05 Å². The lowest BCUT2D eigenvalue weighted by molar-refractivity contribution is 0.473. The maximum atomic E-state index is 4.41. The summed E-state index contributed by atoms with van der Waals surface area (Å²) in [4.78, 5) is 0. The van der Waals surface area contributed by atoms with Gasteiger partial charge in [0.05, 0.1) is 11.4 Å². The Balaban J connectivity index is 2.40. The molecular formula is C14H27N3. The van der Waals surface area contributed by atoms with Crippen molar-refractivity contribution in [2.45, 2.75) is 58.4 Å². The van der Waals surface area contributed by atoms with Crippen LogP contribution in [0, 0.1) is 6.92 Å². The summed E-state index contributed by atoms with van der Waals surface area (Å²) < 4.78 is 2.00. The molecule has 3 heteroatoms. The molecule has 0 aliphatic heterocycles. The molecule has 0 amide bonds. The van der Waals surface area contributed by atoms with E-state index in [0.29, 0.717) is 6.04 Å². The van der Waals surface area contributed by atoms with Gasteiger partial charge >= 0.3 is 0 Å². The molecule has 1 heterocycles. The molecule has 1 aromatic heterocycles. The maximum Gasteiger partial charge on any atom is 0.0597 e. The average Bonchev–Trinajstić information content (AvgIpc) is 2.63. The highest BCUT2D eigenvalue weighted by molar-refractivity contribution is 5.12. The molecule has 3 nitrogen and oxygen atoms in total. The monoisotopic (exact) mass is 237 g/mol. The zero-order valence-corrected chi connectivity index (χ0v) is 11.8. The summed E-state index contributed by atoms with van der Waals surface area (Å²) in [6.07, 6.45) is 7.92. The highest BCUT2D eigenvalue weighted by atomic mass is 15.3. The molecule has 1 N–H and O–H groups in total. The molecule has 0 fully saturated rings. The smallest absolute Gasteiger partial charge is 0.0597 e. The molecule has 0 radical (unpaired) electrons. The van der Waals surface area contributed by atoms with Crippen molar-refractivity contribution in [2.24, 2.45) is 7.05 Å². The van der Waals surface area contributed by atoms with E-state index < -0.39 is 0 Å². The Morgan fingerprint density at radius 2 is 2.00 bits per heavy atom. The van der Waals surface area contributed by atoms with Gasteiger partial charge in [0, 0.05) is 13.1 Å². The molecule has 0 saturated heterocycles. The molecule has 0 bridgehead atoms. The maximum absolute atomic E-state index is 4.41. The Labute approximate surface area is 106 Å². The van der Waals surface area contributed by atoms with Crippen molar-refractivity contribution in [3.8, 4) is 0 Å². The number of nitrogens with one attached hydrogen (secondary N) is 1. The van der Waals surface area contributed by atoms with Gasteiger partial charge in [-0.25, -0.2) is 0 Å². The van der Waals surface area contributed by atoms with Crippen LogP contribution in [0.15, 0.2) is 6.07 Å². The lowest BCUT2D eigenvalue weighted by Gasteiger charge is -2.16. The van der Waals surface area contributed by atoms with Gasteiger partial charge in [-0.2, -0.15) is 5.10 Å². The lowest BCUT2D eigenvalue weighted by Crippen LogP contribution is -2.19. The topological polar surface area (TPSA) is 29.9 Å². The second-order valence-corrected chi connectivity index (χ2v) is 4.88. The summed E-state index contributed by atoms with van der Waals surface area (Å²) in [5.41, 5.74) is 2.41. The standard InChI is InChI=1S/C14H27N3/c1-5-6-7-8-9-10-13(15-3)14-11-12(2)16-17(14)4/h11,13,15H,5-10H2,1-4H3. The molecule has 0 saturated carbocycles. The predicted molar refractivity (Wildman–Crippen MR) is 73.1 cm³/mol. The minimum Gasteiger partial charge on any atom is -0.312 e. The third-order valence-electron chi connectivity index (χ3n) is 3.34. The first-order valence-electron chi connectivity index (χ1n) is 6.86. The van der Waals surface area contributed by atoms with Crippen LogP contribution in [0.5, 0.6) is 0 Å². The number of rotatable bonds is 8. The van der Waals surface area contributed by atoms with Crippen molar-refractivity contribution in [1.29, 1.82) is 0 Å². The van der Waals surface area contributed by atoms with Crippen molar-refractivity contribution < 1.29 is 0 Å². The molecule has 1 unspecified atom stereocenters. The van der Waals surface area contributed by atoms with Crippen molar-refractivity contribution >= 4 is 0 Å². The molecule has 1 atom stereocenters. The van der Waals surface area contributed by atoms with Crippen LogP contribution in [0.3, 0.4) is 0 Å². The van der Waals surface area contributed by atoms with Crippen LogP contribution in [0.4, 0.5) is 0 Å². The number of aromatic nitrogens is 2. The second-order valence-electron chi connectivity index (χ2n) is 4.88. The van der Waals surface area contributed by atoms with E-state index in [2.05, 4.69) is 30.3 Å². The molecule has 17 heavy (non-hydrogen) atoms. The van der Waals surface area contributed by atoms with E-state index >= 15 is 0 Å². The van der Waals surface area contributed by atoms with Gasteiger partial charge in [0.15, 0.2) is 0 Å². The summed E-state index contributed by atoms with van der Waals surface area (Å²) in [5, 5.41) is 7.82. The van der Waals surface area contributed by atoms with Crippen LogP contribution >= 0.6 is 0 Å². The first kappa shape index (κ1) is 14.2. The van der Waals surface area contributed by atoms with Gasteiger partial charge in [-0.3, -0.25) is 4.68 Å². The summed E-state index contributed by atoms with van der Waals surface area (Å²) in [6, 6.07) is 2.63. The van der Waals surface area contributed by atoms with E-state index in [9.17, 15) is 0 Å². The molecule has 0 aromatic carbocycles. The van der Waals surface area contributed by atoms with Crippen LogP contribution in [-0.2, 0) is 7.05 Å². The number of hydrogen-bond acceptors (Lipinski definition) is 2. The van der Waals surface area contributed by atoms with Crippen molar-refractivity contribution in [3.63, 3.8) is 0 Å². The summed E-state index contributed by atoms with van der Waals surface area (Å²) >= 11 is 0. The summed E-state index contributed by atoms with van der Waals surface area (Å²) in [7, 11) is 4.07. The molecular weight excluding hydrogens is 210 g/mol. The third kappa shape index (κ3) is 4.50. The zero-order chi connectivity index (χ0) is 12.7. The van der Waals surface area contributed by atoms with Crippen LogP contribution < -0.4 is 5.32 Å². The number of hydrogen-bond donors (Lipinski definition) is 1. The quantitative estimate of drug-likeness (QED) is 0.703. The van der Waals surface area contributed by atoms with Gasteiger partial charge in [0.25, 0.3) is 0 Å². The number of unbranched alkanes of at least 4 members (excludes halogenated alkanes) is 4. The Morgan fingerprint density at radius 1 is 1.29 bits per heavy atom. The minimum atomic E-state index is 0.447. The first-order chi connectivity index (χ1) is 8.19. The van der Waals surface area contributed by atoms with E-state index in [-0.39, 0.29) is 0 Å². The SMILES string of the molecule is CCCCCCCC(NC)c1cc(C)nn1C. The van der Waals surface area contributed by atoms with E-state index in [1.165, 1.54) is 44.2 Å². The average molecular weight is 237 g/mol. The fraction of sp³-hybridized carbons (Fsp3) is 0.786. The van der Waals surface area contributed by atoms with Crippen molar-refractivity contribution in [1.82, 2.24) is 15.1 Å². The molecule has 0 spiro atoms. The van der Waals surface area contributed by atoms with Gasteiger partial charge in [0.2, 0.25) is 0 Å². The largest absolute Gasteiger partial charge is 0.312 e. The van der Waals surface area contributed by atoms with Gasteiger partial charge in [-0.15, -0.1) is 0 Å². The van der Waals surface area contributed by atoms with Gasteiger partial charge in [0.1, 0.15) is 0 Å². The fourth-order valence-corrected chi connectivity index (χ4v) is 2.35. The van der Waals surface area contributed by atoms with E-state index in [1.54, 1.807) is 0 Å². The lowest BCUT2D eigenvalue weighted by atomic mass is 10.0. The highest BCUT2D eigenvalue weighted by Crippen LogP contribution is 2.20. The van der Waals surface area contributed by atoms with Crippen molar-refractivity contribution in [3.05, 3.63) is 17.5 Å². The Bertz CT molecular complexity index is 317. The molecule has 1 aromatic rings. The fourth-order valence-electron chi connectivity index (χ4n) is 2.35. The zero-order valence-electron chi connectivity index (χ0n) is 11.8.